The lowest BCUT2D eigenvalue weighted by atomic mass is 10.4. The molecule has 0 aliphatic heterocycles. The third kappa shape index (κ3) is 7.93. The Morgan fingerprint density at radius 3 is 2.79 bits per heavy atom. The highest BCUT2D eigenvalue weighted by molar-refractivity contribution is 6.26. The molecule has 82 valence electrons. The Balaban J connectivity index is 3.13. The van der Waals surface area contributed by atoms with Gasteiger partial charge in [-0.25, -0.2) is 9.68 Å². The Bertz CT molecular complexity index is 183. The topological polar surface area (TPSA) is 54.0 Å². The Labute approximate surface area is 85.8 Å². The largest absolute Gasteiger partial charge is 0.462 e. The second-order valence-electron chi connectivity index (χ2n) is 2.68. The van der Waals surface area contributed by atoms with Gasteiger partial charge in [0.15, 0.2) is 0 Å². The SMILES string of the molecule is C=C(C)C(=O)OCCC[SiH2]OOOC. The lowest BCUT2D eigenvalue weighted by Crippen LogP contribution is -2.07. The summed E-state index contributed by atoms with van der Waals surface area (Å²) in [4.78, 5) is 15.1. The molecule has 0 saturated carbocycles. The van der Waals surface area contributed by atoms with Crippen molar-refractivity contribution in [1.82, 2.24) is 0 Å². The number of rotatable bonds is 8. The summed E-state index contributed by atoms with van der Waals surface area (Å²) in [7, 11) is 0.653. The van der Waals surface area contributed by atoms with E-state index in [0.717, 1.165) is 12.5 Å². The van der Waals surface area contributed by atoms with Crippen LogP contribution in [0.25, 0.3) is 0 Å². The van der Waals surface area contributed by atoms with Crippen molar-refractivity contribution in [3.8, 4) is 0 Å². The number of ether oxygens (including phenoxy) is 1. The van der Waals surface area contributed by atoms with Gasteiger partial charge in [0.2, 0.25) is 9.76 Å². The van der Waals surface area contributed by atoms with Crippen LogP contribution in [0.4, 0.5) is 0 Å². The highest BCUT2D eigenvalue weighted by atomic mass is 28.2. The van der Waals surface area contributed by atoms with E-state index < -0.39 is 9.76 Å². The summed E-state index contributed by atoms with van der Waals surface area (Å²) in [5, 5.41) is 4.24. The second kappa shape index (κ2) is 8.89. The molecule has 0 saturated heterocycles. The molecular weight excluding hydrogens is 204 g/mol. The average molecular weight is 220 g/mol. The van der Waals surface area contributed by atoms with Crippen LogP contribution in [0, 0.1) is 0 Å². The fraction of sp³-hybridized carbons (Fsp3) is 0.625. The fourth-order valence-electron chi connectivity index (χ4n) is 0.633. The Morgan fingerprint density at radius 2 is 2.21 bits per heavy atom. The summed E-state index contributed by atoms with van der Waals surface area (Å²) in [5.74, 6) is -0.347. The van der Waals surface area contributed by atoms with E-state index >= 15 is 0 Å². The molecule has 0 spiro atoms. The molecule has 0 atom stereocenters. The van der Waals surface area contributed by atoms with Crippen LogP contribution in [-0.4, -0.2) is 29.4 Å². The van der Waals surface area contributed by atoms with Crippen molar-refractivity contribution in [3.05, 3.63) is 12.2 Å². The van der Waals surface area contributed by atoms with Crippen LogP contribution in [-0.2, 0) is 24.0 Å². The first-order chi connectivity index (χ1) is 6.68. The van der Waals surface area contributed by atoms with Crippen LogP contribution >= 0.6 is 0 Å². The molecule has 0 radical (unpaired) electrons. The molecule has 0 unspecified atom stereocenters. The zero-order valence-electron chi connectivity index (χ0n) is 8.58. The summed E-state index contributed by atoms with van der Waals surface area (Å²) in [6.07, 6.45) is 0.776. The fourth-order valence-corrected chi connectivity index (χ4v) is 1.32. The van der Waals surface area contributed by atoms with Gasteiger partial charge >= 0.3 is 5.97 Å². The normalized spacial score (nSPS) is 10.7. The molecule has 0 rings (SSSR count). The predicted octanol–water partition coefficient (Wildman–Crippen LogP) is 0.507. The number of hydrogen-bond acceptors (Lipinski definition) is 5. The van der Waals surface area contributed by atoms with Gasteiger partial charge < -0.3 is 4.74 Å². The van der Waals surface area contributed by atoms with Gasteiger partial charge in [-0.2, -0.15) is 0 Å². The van der Waals surface area contributed by atoms with Gasteiger partial charge in [-0.15, -0.1) is 0 Å². The zero-order chi connectivity index (χ0) is 10.8. The smallest absolute Gasteiger partial charge is 0.333 e. The summed E-state index contributed by atoms with van der Waals surface area (Å²) in [5.41, 5.74) is 0.418. The lowest BCUT2D eigenvalue weighted by molar-refractivity contribution is -0.456. The van der Waals surface area contributed by atoms with Gasteiger partial charge in [-0.05, 0) is 19.4 Å². The summed E-state index contributed by atoms with van der Waals surface area (Å²) in [6, 6.07) is 0.868. The van der Waals surface area contributed by atoms with E-state index in [1.807, 2.05) is 0 Å². The van der Waals surface area contributed by atoms with E-state index in [-0.39, 0.29) is 5.97 Å². The second-order valence-corrected chi connectivity index (χ2v) is 4.03. The van der Waals surface area contributed by atoms with Crippen LogP contribution < -0.4 is 0 Å². The minimum absolute atomic E-state index is 0.347. The lowest BCUT2D eigenvalue weighted by Gasteiger charge is -2.03. The summed E-state index contributed by atoms with van der Waals surface area (Å²) in [6.45, 7) is 5.48. The molecule has 6 heteroatoms. The van der Waals surface area contributed by atoms with E-state index in [9.17, 15) is 4.79 Å². The van der Waals surface area contributed by atoms with Gasteiger partial charge in [-0.1, -0.05) is 11.6 Å². The molecule has 0 bridgehead atoms. The monoisotopic (exact) mass is 220 g/mol. The summed E-state index contributed by atoms with van der Waals surface area (Å²) < 4.78 is 9.56. The molecule has 0 aliphatic rings. The maximum atomic E-state index is 10.9. The average Bonchev–Trinajstić information content (AvgIpc) is 2.16. The van der Waals surface area contributed by atoms with Crippen molar-refractivity contribution in [2.75, 3.05) is 13.7 Å². The maximum absolute atomic E-state index is 10.9. The molecule has 0 amide bonds. The number of carbonyl (C=O) groups is 1. The van der Waals surface area contributed by atoms with Crippen LogP contribution in [0.1, 0.15) is 13.3 Å². The van der Waals surface area contributed by atoms with E-state index in [1.165, 1.54) is 7.11 Å². The van der Waals surface area contributed by atoms with Gasteiger partial charge in [-0.3, -0.25) is 4.58 Å². The first kappa shape index (κ1) is 13.3. The Hall–Kier alpha value is -0.693. The third-order valence-corrected chi connectivity index (χ3v) is 2.37. The van der Waals surface area contributed by atoms with Gasteiger partial charge in [0.05, 0.1) is 13.7 Å². The van der Waals surface area contributed by atoms with Crippen LogP contribution in [0.15, 0.2) is 12.2 Å². The third-order valence-electron chi connectivity index (χ3n) is 1.32. The molecule has 0 aromatic carbocycles. The van der Waals surface area contributed by atoms with Crippen molar-refractivity contribution >= 4 is 15.7 Å². The maximum Gasteiger partial charge on any atom is 0.333 e. The van der Waals surface area contributed by atoms with Crippen LogP contribution in [0.5, 0.6) is 0 Å². The zero-order valence-corrected chi connectivity index (χ0v) is 9.99. The molecule has 0 aliphatic carbocycles. The van der Waals surface area contributed by atoms with Crippen molar-refractivity contribution in [2.24, 2.45) is 0 Å². The molecule has 0 aromatic heterocycles. The first-order valence-corrected chi connectivity index (χ1v) is 5.91. The minimum Gasteiger partial charge on any atom is -0.462 e. The number of hydrogen-bond donors (Lipinski definition) is 0. The first-order valence-electron chi connectivity index (χ1n) is 4.33. The van der Waals surface area contributed by atoms with Crippen molar-refractivity contribution in [2.45, 2.75) is 19.4 Å². The van der Waals surface area contributed by atoms with E-state index in [1.54, 1.807) is 6.92 Å². The van der Waals surface area contributed by atoms with Crippen molar-refractivity contribution in [3.63, 3.8) is 0 Å². The van der Waals surface area contributed by atoms with Crippen LogP contribution in [0.2, 0.25) is 6.04 Å². The minimum atomic E-state index is -0.725. The molecule has 0 fully saturated rings. The Morgan fingerprint density at radius 1 is 1.50 bits per heavy atom. The standard InChI is InChI=1S/C8H16O5Si/c1-7(2)8(9)11-5-4-6-14-13-12-10-3/h1,4-6,14H2,2-3H3. The highest BCUT2D eigenvalue weighted by Crippen LogP contribution is 1.96. The van der Waals surface area contributed by atoms with E-state index in [4.69, 9.17) is 9.31 Å². The van der Waals surface area contributed by atoms with Crippen molar-refractivity contribution < 1.29 is 24.0 Å². The molecule has 0 heterocycles. The quantitative estimate of drug-likeness (QED) is 0.149. The molecule has 0 aromatic rings. The number of carbonyl (C=O) groups excluding carboxylic acids is 1. The highest BCUT2D eigenvalue weighted by Gasteiger charge is 2.01. The van der Waals surface area contributed by atoms with E-state index in [2.05, 4.69) is 16.5 Å². The molecule has 0 N–H and O–H groups in total. The molecule has 14 heavy (non-hydrogen) atoms. The van der Waals surface area contributed by atoms with E-state index in [0.29, 0.717) is 12.2 Å². The van der Waals surface area contributed by atoms with Crippen molar-refractivity contribution in [1.29, 1.82) is 0 Å². The predicted molar refractivity (Wildman–Crippen MR) is 52.9 cm³/mol. The van der Waals surface area contributed by atoms with Gasteiger partial charge in [0.1, 0.15) is 0 Å². The van der Waals surface area contributed by atoms with Gasteiger partial charge in [0.25, 0.3) is 0 Å². The van der Waals surface area contributed by atoms with Gasteiger partial charge in [0, 0.05) is 5.57 Å². The molecular formula is C8H16O5Si. The number of esters is 1. The van der Waals surface area contributed by atoms with Crippen LogP contribution in [0.3, 0.4) is 0 Å². The Kier molecular flexibility index (Phi) is 8.45. The summed E-state index contributed by atoms with van der Waals surface area (Å²) >= 11 is 0. The molecule has 5 nitrogen and oxygen atoms in total.